The molecule has 1 saturated heterocycles. The molecule has 20 heavy (non-hydrogen) atoms. The van der Waals surface area contributed by atoms with Crippen molar-refractivity contribution in [2.24, 2.45) is 5.92 Å². The summed E-state index contributed by atoms with van der Waals surface area (Å²) in [6.07, 6.45) is 7.59. The minimum Gasteiger partial charge on any atom is -0.298 e. The lowest BCUT2D eigenvalue weighted by atomic mass is 9.86. The van der Waals surface area contributed by atoms with Gasteiger partial charge in [-0.05, 0) is 43.7 Å². The number of nitrogens with zero attached hydrogens (tertiary/aromatic N) is 3. The first kappa shape index (κ1) is 14.0. The molecule has 3 rings (SSSR count). The van der Waals surface area contributed by atoms with Crippen LogP contribution in [0.4, 0.5) is 0 Å². The number of aromatic nitrogens is 1. The van der Waals surface area contributed by atoms with Crippen LogP contribution in [0.3, 0.4) is 0 Å². The zero-order valence-electron chi connectivity index (χ0n) is 12.7. The van der Waals surface area contributed by atoms with Gasteiger partial charge in [0.2, 0.25) is 0 Å². The van der Waals surface area contributed by atoms with E-state index in [9.17, 15) is 0 Å². The van der Waals surface area contributed by atoms with Crippen LogP contribution in [0, 0.1) is 5.92 Å². The molecule has 0 aromatic carbocycles. The van der Waals surface area contributed by atoms with E-state index >= 15 is 0 Å². The molecule has 0 bridgehead atoms. The van der Waals surface area contributed by atoms with Gasteiger partial charge in [0, 0.05) is 45.0 Å². The normalized spacial score (nSPS) is 29.4. The molecule has 3 nitrogen and oxygen atoms in total. The second-order valence-corrected chi connectivity index (χ2v) is 6.55. The van der Waals surface area contributed by atoms with Crippen LogP contribution < -0.4 is 0 Å². The molecular weight excluding hydrogens is 246 g/mol. The summed E-state index contributed by atoms with van der Waals surface area (Å²) in [7, 11) is 0. The number of hydrogen-bond donors (Lipinski definition) is 0. The molecule has 110 valence electrons. The van der Waals surface area contributed by atoms with Gasteiger partial charge in [0.25, 0.3) is 0 Å². The zero-order valence-corrected chi connectivity index (χ0v) is 12.7. The van der Waals surface area contributed by atoms with E-state index in [4.69, 9.17) is 0 Å². The molecule has 1 aliphatic heterocycles. The summed E-state index contributed by atoms with van der Waals surface area (Å²) in [6.45, 7) is 8.29. The van der Waals surface area contributed by atoms with Crippen LogP contribution in [-0.4, -0.2) is 47.0 Å². The van der Waals surface area contributed by atoms with Crippen molar-refractivity contribution < 1.29 is 0 Å². The summed E-state index contributed by atoms with van der Waals surface area (Å²) >= 11 is 0. The standard InChI is InChI=1S/C17H27N3/c1-15-5-7-17(8-6-15)20-12-10-19(11-13-20)14-16-4-2-3-9-18-16/h2-4,9,15,17H,5-8,10-14H2,1H3. The van der Waals surface area contributed by atoms with Gasteiger partial charge in [-0.2, -0.15) is 0 Å². The maximum absolute atomic E-state index is 4.43. The first-order chi connectivity index (χ1) is 9.81. The molecule has 1 aromatic rings. The van der Waals surface area contributed by atoms with Gasteiger partial charge in [-0.1, -0.05) is 13.0 Å². The highest BCUT2D eigenvalue weighted by atomic mass is 15.3. The Morgan fingerprint density at radius 2 is 1.80 bits per heavy atom. The molecule has 0 spiro atoms. The number of piperazine rings is 1. The van der Waals surface area contributed by atoms with Crippen molar-refractivity contribution in [1.29, 1.82) is 0 Å². The van der Waals surface area contributed by atoms with E-state index < -0.39 is 0 Å². The predicted octanol–water partition coefficient (Wildman–Crippen LogP) is 2.78. The van der Waals surface area contributed by atoms with Crippen molar-refractivity contribution in [2.75, 3.05) is 26.2 Å². The Morgan fingerprint density at radius 3 is 2.45 bits per heavy atom. The van der Waals surface area contributed by atoms with E-state index in [1.54, 1.807) is 0 Å². The average molecular weight is 273 g/mol. The van der Waals surface area contributed by atoms with E-state index in [1.165, 1.54) is 57.6 Å². The second-order valence-electron chi connectivity index (χ2n) is 6.55. The fourth-order valence-corrected chi connectivity index (χ4v) is 3.61. The molecule has 0 unspecified atom stereocenters. The van der Waals surface area contributed by atoms with Gasteiger partial charge in [0.1, 0.15) is 0 Å². The van der Waals surface area contributed by atoms with Crippen LogP contribution in [0.2, 0.25) is 0 Å². The molecule has 1 aromatic heterocycles. The molecule has 0 amide bonds. The maximum Gasteiger partial charge on any atom is 0.0543 e. The molecule has 1 aliphatic carbocycles. The van der Waals surface area contributed by atoms with E-state index in [0.29, 0.717) is 0 Å². The fraction of sp³-hybridized carbons (Fsp3) is 0.706. The van der Waals surface area contributed by atoms with E-state index in [1.807, 2.05) is 12.3 Å². The Kier molecular flexibility index (Phi) is 4.69. The van der Waals surface area contributed by atoms with Crippen molar-refractivity contribution in [3.8, 4) is 0 Å². The minimum absolute atomic E-state index is 0.864. The van der Waals surface area contributed by atoms with Crippen molar-refractivity contribution in [3.63, 3.8) is 0 Å². The fourth-order valence-electron chi connectivity index (χ4n) is 3.61. The Hall–Kier alpha value is -0.930. The Bertz CT molecular complexity index is 390. The number of rotatable bonds is 3. The first-order valence-electron chi connectivity index (χ1n) is 8.17. The molecule has 1 saturated carbocycles. The monoisotopic (exact) mass is 273 g/mol. The van der Waals surface area contributed by atoms with E-state index in [2.05, 4.69) is 33.8 Å². The number of hydrogen-bond acceptors (Lipinski definition) is 3. The summed E-state index contributed by atoms with van der Waals surface area (Å²) in [6, 6.07) is 7.07. The topological polar surface area (TPSA) is 19.4 Å². The van der Waals surface area contributed by atoms with Crippen LogP contribution in [0.5, 0.6) is 0 Å². The number of pyridine rings is 1. The quantitative estimate of drug-likeness (QED) is 0.844. The Labute approximate surface area is 123 Å². The van der Waals surface area contributed by atoms with Crippen molar-refractivity contribution in [1.82, 2.24) is 14.8 Å². The Balaban J connectivity index is 1.45. The van der Waals surface area contributed by atoms with Gasteiger partial charge >= 0.3 is 0 Å². The predicted molar refractivity (Wildman–Crippen MR) is 82.5 cm³/mol. The van der Waals surface area contributed by atoms with E-state index in [-0.39, 0.29) is 0 Å². The molecule has 2 heterocycles. The van der Waals surface area contributed by atoms with Gasteiger partial charge in [-0.25, -0.2) is 0 Å². The molecule has 0 atom stereocenters. The maximum atomic E-state index is 4.43. The minimum atomic E-state index is 0.864. The van der Waals surface area contributed by atoms with E-state index in [0.717, 1.165) is 18.5 Å². The van der Waals surface area contributed by atoms with Gasteiger partial charge in [-0.3, -0.25) is 14.8 Å². The van der Waals surface area contributed by atoms with Gasteiger partial charge in [0.05, 0.1) is 5.69 Å². The average Bonchev–Trinajstić information content (AvgIpc) is 2.50. The highest BCUT2D eigenvalue weighted by Crippen LogP contribution is 2.27. The lowest BCUT2D eigenvalue weighted by Gasteiger charge is -2.41. The molecule has 3 heteroatoms. The van der Waals surface area contributed by atoms with Crippen LogP contribution in [0.25, 0.3) is 0 Å². The highest BCUT2D eigenvalue weighted by Gasteiger charge is 2.26. The third-order valence-electron chi connectivity index (χ3n) is 5.02. The molecule has 2 aliphatic rings. The van der Waals surface area contributed by atoms with Crippen molar-refractivity contribution >= 4 is 0 Å². The smallest absolute Gasteiger partial charge is 0.0543 e. The van der Waals surface area contributed by atoms with Crippen molar-refractivity contribution in [2.45, 2.75) is 45.2 Å². The molecule has 2 fully saturated rings. The molecular formula is C17H27N3. The van der Waals surface area contributed by atoms with Crippen LogP contribution >= 0.6 is 0 Å². The van der Waals surface area contributed by atoms with Crippen LogP contribution in [-0.2, 0) is 6.54 Å². The lowest BCUT2D eigenvalue weighted by molar-refractivity contribution is 0.0684. The van der Waals surface area contributed by atoms with Gasteiger partial charge < -0.3 is 0 Å². The van der Waals surface area contributed by atoms with Gasteiger partial charge in [0.15, 0.2) is 0 Å². The lowest BCUT2D eigenvalue weighted by Crippen LogP contribution is -2.50. The van der Waals surface area contributed by atoms with Gasteiger partial charge in [-0.15, -0.1) is 0 Å². The third kappa shape index (κ3) is 3.58. The van der Waals surface area contributed by atoms with Crippen LogP contribution in [0.15, 0.2) is 24.4 Å². The highest BCUT2D eigenvalue weighted by molar-refractivity contribution is 5.03. The second kappa shape index (κ2) is 6.68. The zero-order chi connectivity index (χ0) is 13.8. The molecule has 0 radical (unpaired) electrons. The summed E-state index contributed by atoms with van der Waals surface area (Å²) < 4.78 is 0. The summed E-state index contributed by atoms with van der Waals surface area (Å²) in [5, 5.41) is 0. The van der Waals surface area contributed by atoms with Crippen LogP contribution in [0.1, 0.15) is 38.3 Å². The summed E-state index contributed by atoms with van der Waals surface area (Å²) in [5.41, 5.74) is 1.20. The largest absolute Gasteiger partial charge is 0.298 e. The SMILES string of the molecule is CC1CCC(N2CCN(Cc3ccccn3)CC2)CC1. The Morgan fingerprint density at radius 1 is 1.05 bits per heavy atom. The summed E-state index contributed by atoms with van der Waals surface area (Å²) in [4.78, 5) is 9.72. The van der Waals surface area contributed by atoms with Crippen molar-refractivity contribution in [3.05, 3.63) is 30.1 Å². The third-order valence-corrected chi connectivity index (χ3v) is 5.02. The summed E-state index contributed by atoms with van der Waals surface area (Å²) in [5.74, 6) is 0.955. The first-order valence-corrected chi connectivity index (χ1v) is 8.17. The molecule has 0 N–H and O–H groups in total.